The highest BCUT2D eigenvalue weighted by Gasteiger charge is 2.30. The summed E-state index contributed by atoms with van der Waals surface area (Å²) in [7, 11) is 0. The molecule has 2 aliphatic rings. The molecule has 1 aromatic carbocycles. The predicted octanol–water partition coefficient (Wildman–Crippen LogP) is 3.99. The molecule has 0 aliphatic heterocycles. The molecule has 0 heterocycles. The Labute approximate surface area is 120 Å². The summed E-state index contributed by atoms with van der Waals surface area (Å²) in [6.07, 6.45) is 5.54. The van der Waals surface area contributed by atoms with E-state index in [2.05, 4.69) is 17.0 Å². The minimum atomic E-state index is 0.0480. The molecule has 19 heavy (non-hydrogen) atoms. The van der Waals surface area contributed by atoms with Gasteiger partial charge in [-0.2, -0.15) is 0 Å². The van der Waals surface area contributed by atoms with Crippen molar-refractivity contribution < 1.29 is 0 Å². The Hall–Kier alpha value is -0.730. The first kappa shape index (κ1) is 13.3. The van der Waals surface area contributed by atoms with Crippen LogP contribution in [0.1, 0.15) is 44.2 Å². The molecule has 104 valence electrons. The van der Waals surface area contributed by atoms with Gasteiger partial charge in [-0.05, 0) is 62.1 Å². The van der Waals surface area contributed by atoms with Crippen molar-refractivity contribution in [3.05, 3.63) is 28.8 Å². The van der Waals surface area contributed by atoms with Crippen molar-refractivity contribution in [1.82, 2.24) is 0 Å². The highest BCUT2D eigenvalue weighted by Crippen LogP contribution is 2.38. The number of halogens is 1. The lowest BCUT2D eigenvalue weighted by Crippen LogP contribution is -2.28. The molecule has 2 aliphatic carbocycles. The van der Waals surface area contributed by atoms with Gasteiger partial charge in [0.15, 0.2) is 0 Å². The standard InChI is InChI=1S/C16H23ClN2/c1-11(18)14-6-7-16(15(17)8-14)19(9-12-2-3-12)10-13-4-5-13/h6-8,11-13H,2-5,9-10,18H2,1H3/t11-/m1/s1. The largest absolute Gasteiger partial charge is 0.370 e. The van der Waals surface area contributed by atoms with Crippen LogP contribution in [0.4, 0.5) is 5.69 Å². The van der Waals surface area contributed by atoms with E-state index in [4.69, 9.17) is 17.3 Å². The molecule has 2 N–H and O–H groups in total. The van der Waals surface area contributed by atoms with Crippen molar-refractivity contribution in [1.29, 1.82) is 0 Å². The maximum Gasteiger partial charge on any atom is 0.0642 e. The fourth-order valence-corrected chi connectivity index (χ4v) is 2.87. The molecule has 0 saturated heterocycles. The van der Waals surface area contributed by atoms with Crippen LogP contribution in [-0.2, 0) is 0 Å². The minimum Gasteiger partial charge on any atom is -0.370 e. The number of anilines is 1. The molecular formula is C16H23ClN2. The van der Waals surface area contributed by atoms with E-state index in [-0.39, 0.29) is 6.04 Å². The SMILES string of the molecule is C[C@@H](N)c1ccc(N(CC2CC2)CC2CC2)c(Cl)c1. The molecule has 2 saturated carbocycles. The van der Waals surface area contributed by atoms with Gasteiger partial charge in [0.1, 0.15) is 0 Å². The van der Waals surface area contributed by atoms with Gasteiger partial charge < -0.3 is 10.6 Å². The third-order valence-corrected chi connectivity index (χ3v) is 4.49. The van der Waals surface area contributed by atoms with Crippen molar-refractivity contribution >= 4 is 17.3 Å². The van der Waals surface area contributed by atoms with Crippen LogP contribution in [-0.4, -0.2) is 13.1 Å². The third kappa shape index (κ3) is 3.43. The molecule has 0 unspecified atom stereocenters. The fourth-order valence-electron chi connectivity index (χ4n) is 2.56. The Balaban J connectivity index is 1.79. The van der Waals surface area contributed by atoms with Gasteiger partial charge >= 0.3 is 0 Å². The Kier molecular flexibility index (Phi) is 3.72. The molecule has 2 nitrogen and oxygen atoms in total. The molecule has 0 radical (unpaired) electrons. The summed E-state index contributed by atoms with van der Waals surface area (Å²) in [5.41, 5.74) is 8.23. The molecule has 0 amide bonds. The first-order valence-corrected chi connectivity index (χ1v) is 7.81. The normalized spacial score (nSPS) is 20.4. The van der Waals surface area contributed by atoms with Crippen LogP contribution in [0.25, 0.3) is 0 Å². The Morgan fingerprint density at radius 2 is 1.79 bits per heavy atom. The van der Waals surface area contributed by atoms with Gasteiger partial charge in [0.05, 0.1) is 10.7 Å². The van der Waals surface area contributed by atoms with Crippen LogP contribution in [0.2, 0.25) is 5.02 Å². The predicted molar refractivity (Wildman–Crippen MR) is 81.7 cm³/mol. The van der Waals surface area contributed by atoms with E-state index in [1.54, 1.807) is 0 Å². The second kappa shape index (κ2) is 5.34. The summed E-state index contributed by atoms with van der Waals surface area (Å²) in [5.74, 6) is 1.78. The lowest BCUT2D eigenvalue weighted by Gasteiger charge is -2.26. The monoisotopic (exact) mass is 278 g/mol. The minimum absolute atomic E-state index is 0.0480. The zero-order chi connectivity index (χ0) is 13.4. The number of nitrogens with two attached hydrogens (primary N) is 1. The number of rotatable bonds is 6. The molecule has 3 rings (SSSR count). The fraction of sp³-hybridized carbons (Fsp3) is 0.625. The smallest absolute Gasteiger partial charge is 0.0642 e. The summed E-state index contributed by atoms with van der Waals surface area (Å²) >= 11 is 6.48. The van der Waals surface area contributed by atoms with E-state index < -0.39 is 0 Å². The Morgan fingerprint density at radius 1 is 1.21 bits per heavy atom. The average molecular weight is 279 g/mol. The zero-order valence-corrected chi connectivity index (χ0v) is 12.4. The average Bonchev–Trinajstić information content (AvgIpc) is 3.23. The van der Waals surface area contributed by atoms with Crippen LogP contribution in [0, 0.1) is 11.8 Å². The van der Waals surface area contributed by atoms with Crippen molar-refractivity contribution in [2.45, 2.75) is 38.6 Å². The van der Waals surface area contributed by atoms with Crippen LogP contribution >= 0.6 is 11.6 Å². The molecule has 1 atom stereocenters. The quantitative estimate of drug-likeness (QED) is 0.853. The van der Waals surface area contributed by atoms with E-state index in [1.165, 1.54) is 44.5 Å². The molecule has 0 bridgehead atoms. The van der Waals surface area contributed by atoms with Gasteiger partial charge in [-0.15, -0.1) is 0 Å². The molecule has 3 heteroatoms. The van der Waals surface area contributed by atoms with Gasteiger partial charge in [0.25, 0.3) is 0 Å². The summed E-state index contributed by atoms with van der Waals surface area (Å²) in [5, 5.41) is 0.858. The van der Waals surface area contributed by atoms with Gasteiger partial charge in [-0.1, -0.05) is 17.7 Å². The van der Waals surface area contributed by atoms with Crippen molar-refractivity contribution in [3.63, 3.8) is 0 Å². The van der Waals surface area contributed by atoms with Gasteiger partial charge in [0, 0.05) is 19.1 Å². The second-order valence-corrected chi connectivity index (χ2v) is 6.70. The van der Waals surface area contributed by atoms with Gasteiger partial charge in [-0.25, -0.2) is 0 Å². The van der Waals surface area contributed by atoms with E-state index in [0.29, 0.717) is 0 Å². The molecule has 2 fully saturated rings. The summed E-state index contributed by atoms with van der Waals surface area (Å²) < 4.78 is 0. The molecule has 0 aromatic heterocycles. The maximum atomic E-state index is 6.48. The first-order chi connectivity index (χ1) is 9.13. The van der Waals surface area contributed by atoms with Crippen LogP contribution in [0.3, 0.4) is 0 Å². The molecular weight excluding hydrogens is 256 g/mol. The molecule has 1 aromatic rings. The van der Waals surface area contributed by atoms with E-state index >= 15 is 0 Å². The zero-order valence-electron chi connectivity index (χ0n) is 11.6. The highest BCUT2D eigenvalue weighted by molar-refractivity contribution is 6.33. The maximum absolute atomic E-state index is 6.48. The highest BCUT2D eigenvalue weighted by atomic mass is 35.5. The van der Waals surface area contributed by atoms with Crippen LogP contribution in [0.5, 0.6) is 0 Å². The first-order valence-electron chi connectivity index (χ1n) is 7.43. The summed E-state index contributed by atoms with van der Waals surface area (Å²) in [6.45, 7) is 4.35. The lowest BCUT2D eigenvalue weighted by atomic mass is 10.1. The van der Waals surface area contributed by atoms with Crippen molar-refractivity contribution in [3.8, 4) is 0 Å². The third-order valence-electron chi connectivity index (χ3n) is 4.19. The summed E-state index contributed by atoms with van der Waals surface area (Å²) in [4.78, 5) is 2.50. The number of nitrogens with zero attached hydrogens (tertiary/aromatic N) is 1. The van der Waals surface area contributed by atoms with Gasteiger partial charge in [-0.3, -0.25) is 0 Å². The Bertz CT molecular complexity index is 436. The topological polar surface area (TPSA) is 29.3 Å². The van der Waals surface area contributed by atoms with E-state index in [9.17, 15) is 0 Å². The van der Waals surface area contributed by atoms with Gasteiger partial charge in [0.2, 0.25) is 0 Å². The lowest BCUT2D eigenvalue weighted by molar-refractivity contribution is 0.679. The Morgan fingerprint density at radius 3 is 2.21 bits per heavy atom. The van der Waals surface area contributed by atoms with Crippen LogP contribution < -0.4 is 10.6 Å². The van der Waals surface area contributed by atoms with Crippen molar-refractivity contribution in [2.75, 3.05) is 18.0 Å². The van der Waals surface area contributed by atoms with Crippen LogP contribution in [0.15, 0.2) is 18.2 Å². The number of benzene rings is 1. The number of hydrogen-bond acceptors (Lipinski definition) is 2. The van der Waals surface area contributed by atoms with E-state index in [1.807, 2.05) is 13.0 Å². The molecule has 0 spiro atoms. The van der Waals surface area contributed by atoms with E-state index in [0.717, 1.165) is 22.4 Å². The second-order valence-electron chi connectivity index (χ2n) is 6.29. The van der Waals surface area contributed by atoms with Crippen molar-refractivity contribution in [2.24, 2.45) is 17.6 Å². The summed E-state index contributed by atoms with van der Waals surface area (Å²) in [6, 6.07) is 6.37. The number of hydrogen-bond donors (Lipinski definition) is 1.